The molecule has 0 radical (unpaired) electrons. The molecule has 4 saturated carbocycles. The van der Waals surface area contributed by atoms with Crippen LogP contribution < -0.4 is 5.73 Å². The van der Waals surface area contributed by atoms with Crippen molar-refractivity contribution in [3.8, 4) is 0 Å². The highest BCUT2D eigenvalue weighted by Gasteiger charge is 2.66. The average Bonchev–Trinajstić information content (AvgIpc) is 1.67. The van der Waals surface area contributed by atoms with Crippen LogP contribution in [-0.2, 0) is 0 Å². The van der Waals surface area contributed by atoms with Crippen LogP contribution in [0.1, 0.15) is 38.5 Å². The average molecular weight is 199 g/mol. The molecular formula is C10H17NO3. The van der Waals surface area contributed by atoms with Gasteiger partial charge in [-0.15, -0.1) is 0 Å². The smallest absolute Gasteiger partial charge is 0.0720 e. The van der Waals surface area contributed by atoms with Gasteiger partial charge < -0.3 is 21.1 Å². The molecule has 14 heavy (non-hydrogen) atoms. The molecule has 0 unspecified atom stereocenters. The van der Waals surface area contributed by atoms with Gasteiger partial charge in [0.05, 0.1) is 16.8 Å². The van der Waals surface area contributed by atoms with Crippen LogP contribution in [-0.4, -0.2) is 37.7 Å². The molecule has 5 N–H and O–H groups in total. The monoisotopic (exact) mass is 199 g/mol. The molecule has 4 rings (SSSR count). The summed E-state index contributed by atoms with van der Waals surface area (Å²) in [6.45, 7) is 0. The minimum Gasteiger partial charge on any atom is -0.390 e. The molecule has 0 spiro atoms. The third-order valence-electron chi connectivity index (χ3n) is 4.02. The van der Waals surface area contributed by atoms with E-state index in [1.807, 2.05) is 0 Å². The number of hydrogen-bond acceptors (Lipinski definition) is 4. The first kappa shape index (κ1) is 9.09. The summed E-state index contributed by atoms with van der Waals surface area (Å²) in [6, 6.07) is 0. The summed E-state index contributed by atoms with van der Waals surface area (Å²) in [5.74, 6) is 0. The fourth-order valence-electron chi connectivity index (χ4n) is 4.55. The summed E-state index contributed by atoms with van der Waals surface area (Å²) in [6.07, 6.45) is 2.68. The second-order valence-corrected chi connectivity index (χ2v) is 6.10. The quantitative estimate of drug-likeness (QED) is 0.414. The summed E-state index contributed by atoms with van der Waals surface area (Å²) >= 11 is 0. The van der Waals surface area contributed by atoms with E-state index < -0.39 is 22.3 Å². The maximum Gasteiger partial charge on any atom is 0.0720 e. The van der Waals surface area contributed by atoms with E-state index in [1.54, 1.807) is 0 Å². The molecule has 0 amide bonds. The number of rotatable bonds is 0. The van der Waals surface area contributed by atoms with E-state index in [9.17, 15) is 15.3 Å². The highest BCUT2D eigenvalue weighted by Crippen LogP contribution is 2.59. The summed E-state index contributed by atoms with van der Waals surface area (Å²) in [5, 5.41) is 30.6. The standard InChI is InChI=1S/C10H17NO3/c11-7-1-8(12)4-9(13,2-7)6-10(14,3-7)5-8/h12-14H,1-6,11H2. The molecular weight excluding hydrogens is 182 g/mol. The molecule has 0 aromatic rings. The second-order valence-electron chi connectivity index (χ2n) is 6.10. The van der Waals surface area contributed by atoms with Crippen molar-refractivity contribution in [3.63, 3.8) is 0 Å². The fraction of sp³-hybridized carbons (Fsp3) is 1.00. The van der Waals surface area contributed by atoms with Gasteiger partial charge in [0.15, 0.2) is 0 Å². The Labute approximate surface area is 82.7 Å². The van der Waals surface area contributed by atoms with Crippen molar-refractivity contribution < 1.29 is 15.3 Å². The predicted molar refractivity (Wildman–Crippen MR) is 49.5 cm³/mol. The predicted octanol–water partition coefficient (Wildman–Crippen LogP) is -0.741. The van der Waals surface area contributed by atoms with Crippen molar-refractivity contribution >= 4 is 0 Å². The Kier molecular flexibility index (Phi) is 1.31. The maximum absolute atomic E-state index is 10.2. The zero-order valence-electron chi connectivity index (χ0n) is 8.16. The van der Waals surface area contributed by atoms with Crippen LogP contribution in [0.25, 0.3) is 0 Å². The van der Waals surface area contributed by atoms with E-state index in [0.717, 1.165) is 0 Å². The van der Waals surface area contributed by atoms with E-state index >= 15 is 0 Å². The highest BCUT2D eigenvalue weighted by molar-refractivity contribution is 5.22. The molecule has 0 aromatic heterocycles. The Morgan fingerprint density at radius 1 is 0.643 bits per heavy atom. The van der Waals surface area contributed by atoms with Gasteiger partial charge in [0.25, 0.3) is 0 Å². The molecule has 4 aliphatic carbocycles. The van der Waals surface area contributed by atoms with Crippen molar-refractivity contribution in [2.45, 2.75) is 60.9 Å². The maximum atomic E-state index is 10.2. The van der Waals surface area contributed by atoms with Crippen LogP contribution in [0.3, 0.4) is 0 Å². The first-order chi connectivity index (χ1) is 6.24. The molecule has 4 heteroatoms. The van der Waals surface area contributed by atoms with Gasteiger partial charge in [-0.2, -0.15) is 0 Å². The van der Waals surface area contributed by atoms with Crippen LogP contribution in [0.4, 0.5) is 0 Å². The Bertz CT molecular complexity index is 208. The van der Waals surface area contributed by atoms with Gasteiger partial charge in [0, 0.05) is 24.8 Å². The van der Waals surface area contributed by atoms with Crippen molar-refractivity contribution in [1.29, 1.82) is 0 Å². The summed E-state index contributed by atoms with van der Waals surface area (Å²) in [7, 11) is 0. The number of nitrogens with two attached hydrogens (primary N) is 1. The molecule has 0 atom stereocenters. The van der Waals surface area contributed by atoms with Gasteiger partial charge >= 0.3 is 0 Å². The van der Waals surface area contributed by atoms with Gasteiger partial charge in [-0.25, -0.2) is 0 Å². The minimum atomic E-state index is -0.938. The second kappa shape index (κ2) is 2.02. The molecule has 0 saturated heterocycles. The molecule has 0 aliphatic heterocycles. The summed E-state index contributed by atoms with van der Waals surface area (Å²) in [5.41, 5.74) is 2.72. The van der Waals surface area contributed by atoms with Crippen molar-refractivity contribution in [3.05, 3.63) is 0 Å². The molecule has 4 fully saturated rings. The zero-order chi connectivity index (χ0) is 10.2. The highest BCUT2D eigenvalue weighted by atomic mass is 16.3. The first-order valence-corrected chi connectivity index (χ1v) is 5.20. The Hall–Kier alpha value is -0.160. The van der Waals surface area contributed by atoms with E-state index in [1.165, 1.54) is 0 Å². The summed E-state index contributed by atoms with van der Waals surface area (Å²) in [4.78, 5) is 0. The lowest BCUT2D eigenvalue weighted by molar-refractivity contribution is -0.258. The van der Waals surface area contributed by atoms with Gasteiger partial charge in [-0.1, -0.05) is 0 Å². The lowest BCUT2D eigenvalue weighted by Gasteiger charge is -2.64. The van der Waals surface area contributed by atoms with Gasteiger partial charge in [0.2, 0.25) is 0 Å². The lowest BCUT2D eigenvalue weighted by Crippen LogP contribution is -2.74. The topological polar surface area (TPSA) is 86.7 Å². The molecule has 80 valence electrons. The van der Waals surface area contributed by atoms with Crippen LogP contribution >= 0.6 is 0 Å². The first-order valence-electron chi connectivity index (χ1n) is 5.20. The zero-order valence-corrected chi connectivity index (χ0v) is 8.16. The molecule has 4 nitrogen and oxygen atoms in total. The SMILES string of the molecule is NC12CC3(O)CC(O)(C1)CC(O)(C2)C3. The summed E-state index contributed by atoms with van der Waals surface area (Å²) < 4.78 is 0. The van der Waals surface area contributed by atoms with Gasteiger partial charge in [-0.3, -0.25) is 0 Å². The molecule has 4 aliphatic rings. The molecule has 0 aromatic carbocycles. The van der Waals surface area contributed by atoms with Gasteiger partial charge in [0.1, 0.15) is 0 Å². The fourth-order valence-corrected chi connectivity index (χ4v) is 4.55. The number of hydrogen-bond donors (Lipinski definition) is 4. The minimum absolute atomic E-state index is 0.376. The van der Waals surface area contributed by atoms with Gasteiger partial charge in [-0.05, 0) is 19.3 Å². The lowest BCUT2D eigenvalue weighted by atomic mass is 9.48. The number of aliphatic hydroxyl groups is 3. The van der Waals surface area contributed by atoms with Crippen molar-refractivity contribution in [2.24, 2.45) is 5.73 Å². The van der Waals surface area contributed by atoms with Crippen LogP contribution in [0.2, 0.25) is 0 Å². The van der Waals surface area contributed by atoms with Crippen molar-refractivity contribution in [1.82, 2.24) is 0 Å². The Balaban J connectivity index is 2.08. The van der Waals surface area contributed by atoms with E-state index in [4.69, 9.17) is 5.73 Å². The Morgan fingerprint density at radius 2 is 0.929 bits per heavy atom. The van der Waals surface area contributed by atoms with Crippen LogP contribution in [0.15, 0.2) is 0 Å². The molecule has 4 bridgehead atoms. The van der Waals surface area contributed by atoms with E-state index in [0.29, 0.717) is 38.5 Å². The van der Waals surface area contributed by atoms with Crippen LogP contribution in [0, 0.1) is 0 Å². The largest absolute Gasteiger partial charge is 0.390 e. The third-order valence-corrected chi connectivity index (χ3v) is 4.02. The van der Waals surface area contributed by atoms with E-state index in [2.05, 4.69) is 0 Å². The third kappa shape index (κ3) is 1.08. The molecule has 0 heterocycles. The van der Waals surface area contributed by atoms with Crippen molar-refractivity contribution in [2.75, 3.05) is 0 Å². The normalized spacial score (nSPS) is 66.0. The van der Waals surface area contributed by atoms with E-state index in [-0.39, 0.29) is 0 Å². The van der Waals surface area contributed by atoms with Crippen LogP contribution in [0.5, 0.6) is 0 Å². The Morgan fingerprint density at radius 3 is 1.14 bits per heavy atom.